The fraction of sp³-hybridized carbons (Fsp3) is 0.368. The van der Waals surface area contributed by atoms with Crippen molar-refractivity contribution in [3.8, 4) is 0 Å². The molecule has 2 unspecified atom stereocenters. The number of rotatable bonds is 5. The normalized spacial score (nSPS) is 20.0. The van der Waals surface area contributed by atoms with Crippen LogP contribution >= 0.6 is 11.8 Å². The van der Waals surface area contributed by atoms with Crippen molar-refractivity contribution in [2.75, 3.05) is 12.4 Å². The lowest BCUT2D eigenvalue weighted by molar-refractivity contribution is 0.172. The molecular formula is C19H22OS. The third kappa shape index (κ3) is 2.75. The van der Waals surface area contributed by atoms with Crippen molar-refractivity contribution in [3.63, 3.8) is 0 Å². The maximum atomic E-state index is 10.1. The van der Waals surface area contributed by atoms with Gasteiger partial charge in [-0.2, -0.15) is 0 Å². The van der Waals surface area contributed by atoms with Crippen molar-refractivity contribution in [2.24, 2.45) is 0 Å². The van der Waals surface area contributed by atoms with E-state index in [-0.39, 0.29) is 12.0 Å². The Labute approximate surface area is 131 Å². The molecule has 2 atom stereocenters. The third-order valence-corrected chi connectivity index (χ3v) is 6.05. The predicted molar refractivity (Wildman–Crippen MR) is 90.0 cm³/mol. The van der Waals surface area contributed by atoms with Gasteiger partial charge in [-0.3, -0.25) is 0 Å². The molecule has 110 valence electrons. The maximum absolute atomic E-state index is 10.1. The Kier molecular flexibility index (Phi) is 4.37. The molecule has 2 heteroatoms. The topological polar surface area (TPSA) is 20.2 Å². The van der Waals surface area contributed by atoms with E-state index >= 15 is 0 Å². The molecule has 0 fully saturated rings. The molecule has 21 heavy (non-hydrogen) atoms. The first-order valence-electron chi connectivity index (χ1n) is 7.67. The highest BCUT2D eigenvalue weighted by atomic mass is 32.2. The van der Waals surface area contributed by atoms with Gasteiger partial charge in [0.05, 0.1) is 6.61 Å². The number of fused-ring (bicyclic) bond motifs is 1. The van der Waals surface area contributed by atoms with E-state index in [2.05, 4.69) is 55.5 Å². The highest BCUT2D eigenvalue weighted by Crippen LogP contribution is 2.46. The molecule has 0 aliphatic carbocycles. The second-order valence-corrected chi connectivity index (χ2v) is 6.97. The molecule has 0 radical (unpaired) electrons. The van der Waals surface area contributed by atoms with Crippen LogP contribution in [0.2, 0.25) is 0 Å². The number of hydrogen-bond donors (Lipinski definition) is 1. The molecule has 0 spiro atoms. The summed E-state index contributed by atoms with van der Waals surface area (Å²) in [5, 5.41) is 10.1. The van der Waals surface area contributed by atoms with Crippen molar-refractivity contribution in [2.45, 2.75) is 36.0 Å². The monoisotopic (exact) mass is 298 g/mol. The van der Waals surface area contributed by atoms with E-state index < -0.39 is 0 Å². The summed E-state index contributed by atoms with van der Waals surface area (Å²) in [5.74, 6) is 1.67. The van der Waals surface area contributed by atoms with Crippen LogP contribution in [0.5, 0.6) is 0 Å². The summed E-state index contributed by atoms with van der Waals surface area (Å²) in [6.45, 7) is 2.41. The lowest BCUT2D eigenvalue weighted by Gasteiger charge is -2.34. The SMILES string of the molecule is CCC(CO)(CC1CSc2ccccc21)c1ccccc1. The Morgan fingerprint density at radius 3 is 2.52 bits per heavy atom. The molecular weight excluding hydrogens is 276 g/mol. The van der Waals surface area contributed by atoms with E-state index in [0.29, 0.717) is 5.92 Å². The minimum Gasteiger partial charge on any atom is -0.395 e. The van der Waals surface area contributed by atoms with Gasteiger partial charge in [-0.05, 0) is 36.0 Å². The summed E-state index contributed by atoms with van der Waals surface area (Å²) >= 11 is 1.95. The van der Waals surface area contributed by atoms with Gasteiger partial charge in [0.25, 0.3) is 0 Å². The Hall–Kier alpha value is -1.25. The van der Waals surface area contributed by atoms with Crippen molar-refractivity contribution >= 4 is 11.8 Å². The zero-order valence-corrected chi connectivity index (χ0v) is 13.3. The molecule has 1 aliphatic rings. The zero-order valence-electron chi connectivity index (χ0n) is 12.5. The highest BCUT2D eigenvalue weighted by Gasteiger charge is 2.35. The third-order valence-electron chi connectivity index (χ3n) is 4.80. The lowest BCUT2D eigenvalue weighted by Crippen LogP contribution is -2.32. The van der Waals surface area contributed by atoms with Crippen LogP contribution in [-0.4, -0.2) is 17.5 Å². The number of aliphatic hydroxyl groups excluding tert-OH is 1. The van der Waals surface area contributed by atoms with Crippen LogP contribution in [0.25, 0.3) is 0 Å². The summed E-state index contributed by atoms with van der Waals surface area (Å²) in [6, 6.07) is 19.2. The van der Waals surface area contributed by atoms with E-state index in [4.69, 9.17) is 0 Å². The van der Waals surface area contributed by atoms with Crippen LogP contribution in [-0.2, 0) is 5.41 Å². The summed E-state index contributed by atoms with van der Waals surface area (Å²) in [7, 11) is 0. The Bertz CT molecular complexity index is 590. The van der Waals surface area contributed by atoms with Crippen molar-refractivity contribution in [1.29, 1.82) is 0 Å². The van der Waals surface area contributed by atoms with E-state index in [1.807, 2.05) is 17.8 Å². The Balaban J connectivity index is 1.91. The molecule has 2 aromatic carbocycles. The van der Waals surface area contributed by atoms with Gasteiger partial charge >= 0.3 is 0 Å². The van der Waals surface area contributed by atoms with Gasteiger partial charge in [-0.25, -0.2) is 0 Å². The van der Waals surface area contributed by atoms with E-state index in [0.717, 1.165) is 18.6 Å². The van der Waals surface area contributed by atoms with Gasteiger partial charge in [0.2, 0.25) is 0 Å². The molecule has 2 aromatic rings. The first-order chi connectivity index (χ1) is 10.3. The molecule has 0 aromatic heterocycles. The summed E-state index contributed by atoms with van der Waals surface area (Å²) in [4.78, 5) is 1.42. The number of hydrogen-bond acceptors (Lipinski definition) is 2. The molecule has 1 nitrogen and oxygen atoms in total. The van der Waals surface area contributed by atoms with Gasteiger partial charge in [-0.15, -0.1) is 11.8 Å². The Morgan fingerprint density at radius 2 is 1.81 bits per heavy atom. The first-order valence-corrected chi connectivity index (χ1v) is 8.66. The van der Waals surface area contributed by atoms with Crippen molar-refractivity contribution in [1.82, 2.24) is 0 Å². The standard InChI is InChI=1S/C19H22OS/c1-2-19(14-20,16-8-4-3-5-9-16)12-15-13-21-18-11-7-6-10-17(15)18/h3-11,15,20H,2,12-14H2,1H3. The van der Waals surface area contributed by atoms with Crippen LogP contribution in [0, 0.1) is 0 Å². The van der Waals surface area contributed by atoms with Crippen molar-refractivity contribution in [3.05, 3.63) is 65.7 Å². The highest BCUT2D eigenvalue weighted by molar-refractivity contribution is 7.99. The lowest BCUT2D eigenvalue weighted by atomic mass is 9.71. The molecule has 0 bridgehead atoms. The fourth-order valence-electron chi connectivity index (χ4n) is 3.40. The van der Waals surface area contributed by atoms with E-state index in [9.17, 15) is 5.11 Å². The van der Waals surface area contributed by atoms with Crippen molar-refractivity contribution < 1.29 is 5.11 Å². The van der Waals surface area contributed by atoms with Crippen LogP contribution in [0.3, 0.4) is 0 Å². The summed E-state index contributed by atoms with van der Waals surface area (Å²) in [6.07, 6.45) is 1.99. The number of aliphatic hydroxyl groups is 1. The minimum absolute atomic E-state index is 0.121. The average Bonchev–Trinajstić information content (AvgIpc) is 2.96. The molecule has 0 saturated heterocycles. The zero-order chi connectivity index (χ0) is 14.7. The predicted octanol–water partition coefficient (Wildman–Crippen LogP) is 4.61. The van der Waals surface area contributed by atoms with Gasteiger partial charge in [0, 0.05) is 16.1 Å². The molecule has 0 amide bonds. The minimum atomic E-state index is -0.121. The van der Waals surface area contributed by atoms with Gasteiger partial charge in [0.1, 0.15) is 0 Å². The Morgan fingerprint density at radius 1 is 1.10 bits per heavy atom. The molecule has 1 aliphatic heterocycles. The number of thioether (sulfide) groups is 1. The average molecular weight is 298 g/mol. The fourth-order valence-corrected chi connectivity index (χ4v) is 4.65. The summed E-state index contributed by atoms with van der Waals surface area (Å²) < 4.78 is 0. The van der Waals surface area contributed by atoms with Gasteiger partial charge < -0.3 is 5.11 Å². The van der Waals surface area contributed by atoms with Crippen LogP contribution < -0.4 is 0 Å². The number of benzene rings is 2. The molecule has 1 heterocycles. The molecule has 1 N–H and O–H groups in total. The second kappa shape index (κ2) is 6.25. The second-order valence-electron chi connectivity index (χ2n) is 5.91. The van der Waals surface area contributed by atoms with E-state index in [1.165, 1.54) is 16.0 Å². The maximum Gasteiger partial charge on any atom is 0.0528 e. The van der Waals surface area contributed by atoms with Gasteiger partial charge in [0.15, 0.2) is 0 Å². The van der Waals surface area contributed by atoms with E-state index in [1.54, 1.807) is 0 Å². The summed E-state index contributed by atoms with van der Waals surface area (Å²) in [5.41, 5.74) is 2.61. The van der Waals surface area contributed by atoms with Crippen LogP contribution in [0.1, 0.15) is 36.8 Å². The largest absolute Gasteiger partial charge is 0.395 e. The first kappa shape index (κ1) is 14.7. The quantitative estimate of drug-likeness (QED) is 0.870. The molecule has 3 rings (SSSR count). The smallest absolute Gasteiger partial charge is 0.0528 e. The van der Waals surface area contributed by atoms with Gasteiger partial charge in [-0.1, -0.05) is 55.5 Å². The van der Waals surface area contributed by atoms with Crippen LogP contribution in [0.15, 0.2) is 59.5 Å². The molecule has 0 saturated carbocycles. The van der Waals surface area contributed by atoms with Crippen LogP contribution in [0.4, 0.5) is 0 Å².